The highest BCUT2D eigenvalue weighted by Crippen LogP contribution is 2.32. The van der Waals surface area contributed by atoms with E-state index in [2.05, 4.69) is 53.2 Å². The van der Waals surface area contributed by atoms with Gasteiger partial charge in [-0.25, -0.2) is 9.50 Å². The molecule has 0 spiro atoms. The molecule has 0 aliphatic heterocycles. The van der Waals surface area contributed by atoms with Crippen LogP contribution in [0.3, 0.4) is 0 Å². The number of thioether (sulfide) groups is 1. The molecule has 1 aliphatic rings. The fourth-order valence-corrected chi connectivity index (χ4v) is 3.96. The number of benzene rings is 1. The van der Waals surface area contributed by atoms with Gasteiger partial charge in [-0.15, -0.1) is 5.10 Å². The van der Waals surface area contributed by atoms with Gasteiger partial charge in [0.2, 0.25) is 5.16 Å². The Kier molecular flexibility index (Phi) is 4.29. The maximum Gasteiger partial charge on any atom is 0.253 e. The molecule has 0 radical (unpaired) electrons. The fraction of sp³-hybridized carbons (Fsp3) is 0.368. The SMILES string of the molecule is CCCSc1nc2nc3c(cn2n1)C(=O)C[C@@H](c1cccc(C)c1)C3. The molecule has 1 atom stereocenters. The molecule has 0 amide bonds. The van der Waals surface area contributed by atoms with E-state index in [4.69, 9.17) is 0 Å². The number of aryl methyl sites for hydroxylation is 1. The highest BCUT2D eigenvalue weighted by Gasteiger charge is 2.28. The van der Waals surface area contributed by atoms with Crippen LogP contribution in [-0.2, 0) is 6.42 Å². The van der Waals surface area contributed by atoms with Crippen LogP contribution in [0.15, 0.2) is 35.6 Å². The number of nitrogens with zero attached hydrogens (tertiary/aromatic N) is 4. The highest BCUT2D eigenvalue weighted by atomic mass is 32.2. The lowest BCUT2D eigenvalue weighted by molar-refractivity contribution is 0.0962. The summed E-state index contributed by atoms with van der Waals surface area (Å²) in [5.74, 6) is 1.88. The molecule has 25 heavy (non-hydrogen) atoms. The average molecular weight is 352 g/mol. The van der Waals surface area contributed by atoms with Gasteiger partial charge in [-0.05, 0) is 31.2 Å². The number of ketones is 1. The van der Waals surface area contributed by atoms with Gasteiger partial charge in [-0.2, -0.15) is 4.98 Å². The Labute approximate surface area is 150 Å². The van der Waals surface area contributed by atoms with Crippen molar-refractivity contribution in [2.45, 2.75) is 44.2 Å². The quantitative estimate of drug-likeness (QED) is 0.668. The van der Waals surface area contributed by atoms with Gasteiger partial charge >= 0.3 is 0 Å². The van der Waals surface area contributed by atoms with Crippen molar-refractivity contribution in [1.82, 2.24) is 19.6 Å². The summed E-state index contributed by atoms with van der Waals surface area (Å²) in [6.07, 6.45) is 4.16. The molecule has 2 aromatic heterocycles. The Hall–Kier alpha value is -2.21. The van der Waals surface area contributed by atoms with Crippen LogP contribution >= 0.6 is 11.8 Å². The zero-order valence-electron chi connectivity index (χ0n) is 14.4. The molecule has 0 fully saturated rings. The third-order valence-corrected chi connectivity index (χ3v) is 5.56. The summed E-state index contributed by atoms with van der Waals surface area (Å²) in [6, 6.07) is 8.40. The smallest absolute Gasteiger partial charge is 0.253 e. The minimum atomic E-state index is 0.139. The largest absolute Gasteiger partial charge is 0.294 e. The third-order valence-electron chi connectivity index (χ3n) is 4.51. The van der Waals surface area contributed by atoms with Crippen molar-refractivity contribution in [3.63, 3.8) is 0 Å². The zero-order chi connectivity index (χ0) is 17.4. The molecule has 0 saturated carbocycles. The van der Waals surface area contributed by atoms with Crippen molar-refractivity contribution in [3.05, 3.63) is 52.8 Å². The minimum Gasteiger partial charge on any atom is -0.294 e. The molecular formula is C19H20N4OS. The Morgan fingerprint density at radius 3 is 2.96 bits per heavy atom. The van der Waals surface area contributed by atoms with Gasteiger partial charge in [0.25, 0.3) is 5.78 Å². The minimum absolute atomic E-state index is 0.139. The number of aromatic nitrogens is 4. The number of carbonyl (C=O) groups is 1. The van der Waals surface area contributed by atoms with Gasteiger partial charge in [0, 0.05) is 18.4 Å². The standard InChI is InChI=1S/C19H20N4OS/c1-3-7-25-19-21-18-20-16-9-14(13-6-4-5-12(2)8-13)10-17(24)15(16)11-23(18)22-19/h4-6,8,11,14H,3,7,9-10H2,1-2H3/t14-/m0/s1. The average Bonchev–Trinajstić information content (AvgIpc) is 3.00. The first-order valence-electron chi connectivity index (χ1n) is 8.63. The molecule has 6 heteroatoms. The fourth-order valence-electron chi connectivity index (χ4n) is 3.28. The van der Waals surface area contributed by atoms with Gasteiger partial charge in [-0.3, -0.25) is 4.79 Å². The lowest BCUT2D eigenvalue weighted by Crippen LogP contribution is -2.21. The van der Waals surface area contributed by atoms with Crippen LogP contribution in [0.25, 0.3) is 5.78 Å². The maximum atomic E-state index is 12.7. The van der Waals surface area contributed by atoms with Crippen molar-refractivity contribution in [3.8, 4) is 0 Å². The maximum absolute atomic E-state index is 12.7. The summed E-state index contributed by atoms with van der Waals surface area (Å²) in [5, 5.41) is 5.16. The second-order valence-electron chi connectivity index (χ2n) is 6.53. The zero-order valence-corrected chi connectivity index (χ0v) is 15.2. The lowest BCUT2D eigenvalue weighted by atomic mass is 9.82. The van der Waals surface area contributed by atoms with Crippen molar-refractivity contribution in [1.29, 1.82) is 0 Å². The number of hydrogen-bond donors (Lipinski definition) is 0. The number of Topliss-reactive ketones (excluding diaryl/α,β-unsaturated/α-hetero) is 1. The molecule has 0 bridgehead atoms. The van der Waals surface area contributed by atoms with Gasteiger partial charge < -0.3 is 0 Å². The summed E-state index contributed by atoms with van der Waals surface area (Å²) in [6.45, 7) is 4.21. The van der Waals surface area contributed by atoms with E-state index in [-0.39, 0.29) is 11.7 Å². The van der Waals surface area contributed by atoms with Crippen LogP contribution in [0, 0.1) is 6.92 Å². The van der Waals surface area contributed by atoms with Crippen molar-refractivity contribution < 1.29 is 4.79 Å². The molecule has 0 N–H and O–H groups in total. The number of rotatable bonds is 4. The van der Waals surface area contributed by atoms with Gasteiger partial charge in [-0.1, -0.05) is 48.5 Å². The van der Waals surface area contributed by atoms with Crippen molar-refractivity contribution in [2.24, 2.45) is 0 Å². The number of hydrogen-bond acceptors (Lipinski definition) is 5. The van der Waals surface area contributed by atoms with Crippen LogP contribution in [0.1, 0.15) is 52.9 Å². The first-order chi connectivity index (χ1) is 12.1. The monoisotopic (exact) mass is 352 g/mol. The Morgan fingerprint density at radius 1 is 1.28 bits per heavy atom. The second kappa shape index (κ2) is 6.59. The summed E-state index contributed by atoms with van der Waals surface area (Å²) < 4.78 is 1.64. The Morgan fingerprint density at radius 2 is 2.16 bits per heavy atom. The molecule has 0 unspecified atom stereocenters. The predicted octanol–water partition coefficient (Wildman–Crippen LogP) is 3.85. The summed E-state index contributed by atoms with van der Waals surface area (Å²) in [5.41, 5.74) is 3.96. The first-order valence-corrected chi connectivity index (χ1v) is 9.61. The topological polar surface area (TPSA) is 60.1 Å². The Balaban J connectivity index is 1.69. The van der Waals surface area contributed by atoms with Crippen molar-refractivity contribution in [2.75, 3.05) is 5.75 Å². The molecule has 5 nitrogen and oxygen atoms in total. The van der Waals surface area contributed by atoms with E-state index in [1.807, 2.05) is 0 Å². The highest BCUT2D eigenvalue weighted by molar-refractivity contribution is 7.99. The molecule has 128 valence electrons. The van der Waals surface area contributed by atoms with Crippen LogP contribution < -0.4 is 0 Å². The molecule has 4 rings (SSSR count). The van der Waals surface area contributed by atoms with Crippen LogP contribution in [0.2, 0.25) is 0 Å². The van der Waals surface area contributed by atoms with E-state index in [9.17, 15) is 4.79 Å². The van der Waals surface area contributed by atoms with E-state index in [0.29, 0.717) is 17.8 Å². The van der Waals surface area contributed by atoms with Crippen LogP contribution in [-0.4, -0.2) is 31.1 Å². The Bertz CT molecular complexity index is 950. The van der Waals surface area contributed by atoms with E-state index in [1.165, 1.54) is 11.1 Å². The molecule has 1 aromatic carbocycles. The second-order valence-corrected chi connectivity index (χ2v) is 7.59. The normalized spacial score (nSPS) is 17.0. The van der Waals surface area contributed by atoms with Gasteiger partial charge in [0.15, 0.2) is 5.78 Å². The molecular weight excluding hydrogens is 332 g/mol. The summed E-state index contributed by atoms with van der Waals surface area (Å²) in [7, 11) is 0. The molecule has 1 aliphatic carbocycles. The molecule has 2 heterocycles. The van der Waals surface area contributed by atoms with E-state index in [1.54, 1.807) is 22.5 Å². The molecule has 3 aromatic rings. The van der Waals surface area contributed by atoms with E-state index in [0.717, 1.165) is 29.4 Å². The number of fused-ring (bicyclic) bond motifs is 2. The lowest BCUT2D eigenvalue weighted by Gasteiger charge is -2.23. The number of carbonyl (C=O) groups excluding carboxylic acids is 1. The van der Waals surface area contributed by atoms with Crippen LogP contribution in [0.5, 0.6) is 0 Å². The molecule has 0 saturated heterocycles. The predicted molar refractivity (Wildman–Crippen MR) is 98.4 cm³/mol. The van der Waals surface area contributed by atoms with E-state index >= 15 is 0 Å². The summed E-state index contributed by atoms with van der Waals surface area (Å²) >= 11 is 1.62. The summed E-state index contributed by atoms with van der Waals surface area (Å²) in [4.78, 5) is 21.8. The van der Waals surface area contributed by atoms with Crippen LogP contribution in [0.4, 0.5) is 0 Å². The van der Waals surface area contributed by atoms with Crippen molar-refractivity contribution >= 4 is 23.3 Å². The van der Waals surface area contributed by atoms with Gasteiger partial charge in [0.1, 0.15) is 0 Å². The van der Waals surface area contributed by atoms with Gasteiger partial charge in [0.05, 0.1) is 11.3 Å². The van der Waals surface area contributed by atoms with E-state index < -0.39 is 0 Å². The third kappa shape index (κ3) is 3.18. The first kappa shape index (κ1) is 16.3.